The molecule has 0 heterocycles. The normalized spacial score (nSPS) is 26.0. The monoisotopic (exact) mass is 535 g/mol. The van der Waals surface area contributed by atoms with E-state index in [1.54, 1.807) is 12.1 Å². The van der Waals surface area contributed by atoms with Gasteiger partial charge in [-0.1, -0.05) is 63.5 Å². The molecule has 0 spiro atoms. The molecule has 3 saturated carbocycles. The van der Waals surface area contributed by atoms with Crippen LogP contribution in [0.4, 0.5) is 13.2 Å². The van der Waals surface area contributed by atoms with Crippen molar-refractivity contribution in [1.82, 2.24) is 4.90 Å². The van der Waals surface area contributed by atoms with Crippen molar-refractivity contribution in [3.05, 3.63) is 35.4 Å². The van der Waals surface area contributed by atoms with Gasteiger partial charge in [-0.05, 0) is 93.4 Å². The predicted octanol–water partition coefficient (Wildman–Crippen LogP) is 8.76. The number of alkyl halides is 3. The third-order valence-electron chi connectivity index (χ3n) is 9.59. The molecule has 3 atom stereocenters. The minimum absolute atomic E-state index is 0.139. The molecule has 1 aromatic carbocycles. The summed E-state index contributed by atoms with van der Waals surface area (Å²) >= 11 is 0. The van der Waals surface area contributed by atoms with Gasteiger partial charge in [0.15, 0.2) is 0 Å². The fourth-order valence-electron chi connectivity index (χ4n) is 7.52. The van der Waals surface area contributed by atoms with Gasteiger partial charge in [-0.15, -0.1) is 0 Å². The van der Waals surface area contributed by atoms with Gasteiger partial charge in [0.2, 0.25) is 0 Å². The zero-order chi connectivity index (χ0) is 27.0. The van der Waals surface area contributed by atoms with E-state index in [1.165, 1.54) is 82.8 Å². The van der Waals surface area contributed by atoms with Gasteiger partial charge in [0, 0.05) is 19.0 Å². The Morgan fingerprint density at radius 3 is 2.11 bits per heavy atom. The van der Waals surface area contributed by atoms with E-state index in [1.807, 2.05) is 6.92 Å². The van der Waals surface area contributed by atoms with E-state index in [0.717, 1.165) is 49.8 Å². The van der Waals surface area contributed by atoms with Gasteiger partial charge in [-0.3, -0.25) is 9.69 Å². The Morgan fingerprint density at radius 1 is 0.868 bits per heavy atom. The molecule has 3 aliphatic rings. The lowest BCUT2D eigenvalue weighted by atomic mass is 9.72. The number of hydrogen-bond donors (Lipinski definition) is 0. The zero-order valence-electron chi connectivity index (χ0n) is 23.3. The second kappa shape index (κ2) is 14.2. The summed E-state index contributed by atoms with van der Waals surface area (Å²) in [5.41, 5.74) is 0.399. The van der Waals surface area contributed by atoms with Crippen LogP contribution in [0.2, 0.25) is 0 Å². The van der Waals surface area contributed by atoms with Crippen LogP contribution >= 0.6 is 0 Å². The van der Waals surface area contributed by atoms with Gasteiger partial charge in [0.1, 0.15) is 0 Å². The van der Waals surface area contributed by atoms with E-state index < -0.39 is 11.7 Å². The topological polar surface area (TPSA) is 29.5 Å². The molecule has 0 amide bonds. The lowest BCUT2D eigenvalue weighted by molar-refractivity contribution is -0.144. The Bertz CT molecular complexity index is 843. The summed E-state index contributed by atoms with van der Waals surface area (Å²) in [6.07, 6.45) is 13.4. The van der Waals surface area contributed by atoms with Crippen molar-refractivity contribution in [3.63, 3.8) is 0 Å². The highest BCUT2D eigenvalue weighted by Gasteiger charge is 2.38. The average molecular weight is 536 g/mol. The molecule has 3 aliphatic carbocycles. The van der Waals surface area contributed by atoms with Crippen molar-refractivity contribution in [2.45, 2.75) is 121 Å². The van der Waals surface area contributed by atoms with Crippen LogP contribution in [0.25, 0.3) is 0 Å². The van der Waals surface area contributed by atoms with Gasteiger partial charge in [0.25, 0.3) is 0 Å². The number of ether oxygens (including phenoxy) is 1. The second-order valence-electron chi connectivity index (χ2n) is 12.3. The van der Waals surface area contributed by atoms with Crippen LogP contribution in [0, 0.1) is 17.8 Å². The number of carbonyl (C=O) groups excluding carboxylic acids is 1. The third kappa shape index (κ3) is 8.47. The lowest BCUT2D eigenvalue weighted by Gasteiger charge is -2.45. The lowest BCUT2D eigenvalue weighted by Crippen LogP contribution is -2.46. The van der Waals surface area contributed by atoms with E-state index in [4.69, 9.17) is 4.74 Å². The van der Waals surface area contributed by atoms with Gasteiger partial charge in [-0.2, -0.15) is 13.2 Å². The molecule has 0 aromatic heterocycles. The first kappa shape index (κ1) is 29.4. The summed E-state index contributed by atoms with van der Waals surface area (Å²) in [4.78, 5) is 15.1. The Kier molecular flexibility index (Phi) is 11.0. The Hall–Kier alpha value is -1.56. The van der Waals surface area contributed by atoms with Gasteiger partial charge in [0.05, 0.1) is 12.2 Å². The fourth-order valence-corrected chi connectivity index (χ4v) is 7.52. The maximum Gasteiger partial charge on any atom is 0.416 e. The van der Waals surface area contributed by atoms with Gasteiger partial charge in [-0.25, -0.2) is 0 Å². The first-order chi connectivity index (χ1) is 18.3. The highest BCUT2D eigenvalue weighted by molar-refractivity contribution is 5.69. The summed E-state index contributed by atoms with van der Waals surface area (Å²) in [6.45, 7) is 4.41. The largest absolute Gasteiger partial charge is 0.466 e. The van der Waals surface area contributed by atoms with Crippen molar-refractivity contribution in [1.29, 1.82) is 0 Å². The molecule has 6 heteroatoms. The van der Waals surface area contributed by atoms with E-state index in [-0.39, 0.29) is 17.8 Å². The Labute approximate surface area is 227 Å². The van der Waals surface area contributed by atoms with E-state index in [9.17, 15) is 18.0 Å². The number of carbonyl (C=O) groups is 1. The van der Waals surface area contributed by atoms with Crippen LogP contribution in [0.1, 0.15) is 120 Å². The molecule has 3 fully saturated rings. The SMILES string of the molecule is CCOC(=O)CC1CCC(N(CCC2CCCCC2)CC2CCCCC2)C(c2ccc(C(F)(F)F)cc2)C1. The smallest absolute Gasteiger partial charge is 0.416 e. The molecule has 0 aliphatic heterocycles. The summed E-state index contributed by atoms with van der Waals surface area (Å²) < 4.78 is 45.2. The molecular weight excluding hydrogens is 487 g/mol. The minimum Gasteiger partial charge on any atom is -0.466 e. The van der Waals surface area contributed by atoms with Crippen molar-refractivity contribution in [2.24, 2.45) is 17.8 Å². The second-order valence-corrected chi connectivity index (χ2v) is 12.3. The summed E-state index contributed by atoms with van der Waals surface area (Å²) in [6, 6.07) is 6.21. The average Bonchev–Trinajstić information content (AvgIpc) is 2.92. The third-order valence-corrected chi connectivity index (χ3v) is 9.59. The van der Waals surface area contributed by atoms with E-state index >= 15 is 0 Å². The minimum atomic E-state index is -4.33. The first-order valence-electron chi connectivity index (χ1n) is 15.4. The molecule has 0 saturated heterocycles. The number of rotatable bonds is 10. The molecular formula is C32H48F3NO2. The Balaban J connectivity index is 1.55. The fraction of sp³-hybridized carbons (Fsp3) is 0.781. The van der Waals surface area contributed by atoms with E-state index in [0.29, 0.717) is 19.1 Å². The molecule has 3 nitrogen and oxygen atoms in total. The molecule has 38 heavy (non-hydrogen) atoms. The standard InChI is InChI=1S/C32H48F3NO2/c1-2-38-31(37)22-26-13-18-30(29(21-26)27-14-16-28(17-15-27)32(33,34)35)36(23-25-11-7-4-8-12-25)20-19-24-9-5-3-6-10-24/h14-17,24-26,29-30H,2-13,18-23H2,1H3. The predicted molar refractivity (Wildman–Crippen MR) is 146 cm³/mol. The Morgan fingerprint density at radius 2 is 1.50 bits per heavy atom. The van der Waals surface area contributed by atoms with Crippen LogP contribution in [0.3, 0.4) is 0 Å². The van der Waals surface area contributed by atoms with Crippen molar-refractivity contribution >= 4 is 5.97 Å². The molecule has 214 valence electrons. The highest BCUT2D eigenvalue weighted by Crippen LogP contribution is 2.42. The molecule has 3 unspecified atom stereocenters. The van der Waals surface area contributed by atoms with Crippen LogP contribution in [0.5, 0.6) is 0 Å². The first-order valence-corrected chi connectivity index (χ1v) is 15.4. The molecule has 0 bridgehead atoms. The number of esters is 1. The van der Waals surface area contributed by atoms with E-state index in [2.05, 4.69) is 4.90 Å². The maximum absolute atomic E-state index is 13.3. The number of hydrogen-bond acceptors (Lipinski definition) is 3. The number of halogens is 3. The maximum atomic E-state index is 13.3. The summed E-state index contributed by atoms with van der Waals surface area (Å²) in [5, 5.41) is 0. The van der Waals surface area contributed by atoms with Gasteiger partial charge >= 0.3 is 12.1 Å². The van der Waals surface area contributed by atoms with Crippen LogP contribution in [-0.4, -0.2) is 36.6 Å². The summed E-state index contributed by atoms with van der Waals surface area (Å²) in [5.74, 6) is 1.73. The van der Waals surface area contributed by atoms with Crippen LogP contribution < -0.4 is 0 Å². The van der Waals surface area contributed by atoms with Gasteiger partial charge < -0.3 is 4.74 Å². The van der Waals surface area contributed by atoms with Crippen molar-refractivity contribution in [3.8, 4) is 0 Å². The quantitative estimate of drug-likeness (QED) is 0.281. The highest BCUT2D eigenvalue weighted by atomic mass is 19.4. The molecule has 0 radical (unpaired) electrons. The molecule has 1 aromatic rings. The van der Waals surface area contributed by atoms with Crippen molar-refractivity contribution in [2.75, 3.05) is 19.7 Å². The van der Waals surface area contributed by atoms with Crippen LogP contribution in [0.15, 0.2) is 24.3 Å². The van der Waals surface area contributed by atoms with Crippen molar-refractivity contribution < 1.29 is 22.7 Å². The molecule has 0 N–H and O–H groups in total. The number of benzene rings is 1. The number of nitrogens with zero attached hydrogens (tertiary/aromatic N) is 1. The zero-order valence-corrected chi connectivity index (χ0v) is 23.3. The molecule has 4 rings (SSSR count). The summed E-state index contributed by atoms with van der Waals surface area (Å²) in [7, 11) is 0. The van der Waals surface area contributed by atoms with Crippen LogP contribution in [-0.2, 0) is 15.7 Å².